The molecule has 0 unspecified atom stereocenters. The van der Waals surface area contributed by atoms with Crippen LogP contribution in [0.3, 0.4) is 0 Å². The summed E-state index contributed by atoms with van der Waals surface area (Å²) in [4.78, 5) is 20.4. The lowest BCUT2D eigenvalue weighted by Crippen LogP contribution is -2.23. The van der Waals surface area contributed by atoms with Gasteiger partial charge >= 0.3 is 0 Å². The van der Waals surface area contributed by atoms with Gasteiger partial charge in [0.2, 0.25) is 5.91 Å². The Morgan fingerprint density at radius 3 is 2.40 bits per heavy atom. The fourth-order valence-corrected chi connectivity index (χ4v) is 3.86. The zero-order valence-corrected chi connectivity index (χ0v) is 15.4. The van der Waals surface area contributed by atoms with E-state index in [9.17, 15) is 13.2 Å². The molecule has 0 radical (unpaired) electrons. The topological polar surface area (TPSA) is 89.0 Å². The summed E-state index contributed by atoms with van der Waals surface area (Å²) in [7, 11) is -3.56. The van der Waals surface area contributed by atoms with Crippen molar-refractivity contribution in [3.63, 3.8) is 0 Å². The average molecular weight is 420 g/mol. The van der Waals surface area contributed by atoms with Gasteiger partial charge in [0.15, 0.2) is 9.84 Å². The molecule has 1 aromatic heterocycles. The lowest BCUT2D eigenvalue weighted by Gasteiger charge is -2.07. The summed E-state index contributed by atoms with van der Waals surface area (Å²) >= 11 is 3.30. The molecule has 2 aromatic carbocycles. The van der Waals surface area contributed by atoms with Crippen LogP contribution < -0.4 is 5.32 Å². The Balaban J connectivity index is 1.66. The van der Waals surface area contributed by atoms with E-state index in [1.165, 1.54) is 0 Å². The number of rotatable bonds is 5. The maximum Gasteiger partial charge on any atom is 0.239 e. The number of fused-ring (bicyclic) bond motifs is 1. The molecule has 0 aliphatic rings. The Bertz CT molecular complexity index is 1020. The van der Waals surface area contributed by atoms with Crippen molar-refractivity contribution in [2.45, 2.75) is 5.75 Å². The molecule has 1 amide bonds. The molecule has 0 fully saturated rings. The summed E-state index contributed by atoms with van der Waals surface area (Å²) in [5.74, 6) is -1.35. The number of carbonyl (C=O) groups excluding carboxylic acids is 1. The number of halogens is 1. The summed E-state index contributed by atoms with van der Waals surface area (Å²) in [5.41, 5.74) is 2.44. The molecular weight excluding hydrogens is 406 g/mol. The molecule has 0 bridgehead atoms. The molecule has 0 aliphatic heterocycles. The quantitative estimate of drug-likeness (QED) is 0.686. The summed E-state index contributed by atoms with van der Waals surface area (Å²) < 4.78 is 25.3. The summed E-state index contributed by atoms with van der Waals surface area (Å²) in [6.07, 6.45) is 3.13. The third kappa shape index (κ3) is 4.83. The Morgan fingerprint density at radius 1 is 1.00 bits per heavy atom. The number of aromatic nitrogens is 2. The molecule has 3 aromatic rings. The van der Waals surface area contributed by atoms with Crippen molar-refractivity contribution in [2.24, 2.45) is 0 Å². The first kappa shape index (κ1) is 17.5. The number of nitrogens with one attached hydrogen (secondary N) is 1. The molecule has 128 valence electrons. The van der Waals surface area contributed by atoms with Crippen LogP contribution >= 0.6 is 15.9 Å². The van der Waals surface area contributed by atoms with Crippen LogP contribution in [0.1, 0.15) is 5.56 Å². The van der Waals surface area contributed by atoms with E-state index < -0.39 is 21.5 Å². The van der Waals surface area contributed by atoms with Gasteiger partial charge in [0, 0.05) is 22.6 Å². The maximum absolute atomic E-state index is 12.2. The number of amides is 1. The zero-order chi connectivity index (χ0) is 17.9. The normalized spacial score (nSPS) is 11.4. The van der Waals surface area contributed by atoms with Crippen molar-refractivity contribution in [1.29, 1.82) is 0 Å². The molecule has 0 aliphatic carbocycles. The van der Waals surface area contributed by atoms with E-state index in [-0.39, 0.29) is 5.75 Å². The van der Waals surface area contributed by atoms with E-state index in [1.807, 2.05) is 0 Å². The van der Waals surface area contributed by atoms with Crippen molar-refractivity contribution in [3.05, 3.63) is 64.9 Å². The number of sulfone groups is 1. The highest BCUT2D eigenvalue weighted by Crippen LogP contribution is 2.16. The first-order chi connectivity index (χ1) is 11.9. The van der Waals surface area contributed by atoms with Gasteiger partial charge in [0.05, 0.1) is 16.8 Å². The Hall–Kier alpha value is -2.32. The third-order valence-corrected chi connectivity index (χ3v) is 5.41. The Morgan fingerprint density at radius 2 is 1.68 bits per heavy atom. The number of benzene rings is 2. The summed E-state index contributed by atoms with van der Waals surface area (Å²) in [6.45, 7) is 0. The van der Waals surface area contributed by atoms with Gasteiger partial charge in [-0.15, -0.1) is 0 Å². The van der Waals surface area contributed by atoms with Gasteiger partial charge in [-0.25, -0.2) is 8.42 Å². The van der Waals surface area contributed by atoms with Gasteiger partial charge in [-0.3, -0.25) is 14.8 Å². The number of nitrogens with zero attached hydrogens (tertiary/aromatic N) is 2. The van der Waals surface area contributed by atoms with Crippen LogP contribution in [0.4, 0.5) is 5.69 Å². The molecule has 0 saturated heterocycles. The van der Waals surface area contributed by atoms with Crippen LogP contribution in [0.25, 0.3) is 11.0 Å². The van der Waals surface area contributed by atoms with Gasteiger partial charge in [-0.2, -0.15) is 0 Å². The lowest BCUT2D eigenvalue weighted by atomic mass is 10.2. The third-order valence-electron chi connectivity index (χ3n) is 3.40. The van der Waals surface area contributed by atoms with Crippen LogP contribution in [0.2, 0.25) is 0 Å². The molecule has 3 rings (SSSR count). The molecule has 0 spiro atoms. The highest BCUT2D eigenvalue weighted by Gasteiger charge is 2.17. The first-order valence-electron chi connectivity index (χ1n) is 7.37. The smallest absolute Gasteiger partial charge is 0.239 e. The predicted octanol–water partition coefficient (Wildman–Crippen LogP) is 2.95. The highest BCUT2D eigenvalue weighted by atomic mass is 79.9. The second kappa shape index (κ2) is 7.28. The Kier molecular flexibility index (Phi) is 5.10. The average Bonchev–Trinajstić information content (AvgIpc) is 2.56. The molecule has 6 nitrogen and oxygen atoms in total. The number of carbonyl (C=O) groups is 1. The molecule has 0 atom stereocenters. The van der Waals surface area contributed by atoms with E-state index in [4.69, 9.17) is 0 Å². The first-order valence-corrected chi connectivity index (χ1v) is 9.98. The Labute approximate surface area is 153 Å². The molecule has 1 N–H and O–H groups in total. The van der Waals surface area contributed by atoms with Crippen LogP contribution in [0, 0.1) is 0 Å². The molecular formula is C17H14BrN3O3S. The number of hydrogen-bond donors (Lipinski definition) is 1. The molecule has 0 saturated carbocycles. The predicted molar refractivity (Wildman–Crippen MR) is 99.8 cm³/mol. The van der Waals surface area contributed by atoms with E-state index in [0.717, 1.165) is 4.47 Å². The van der Waals surface area contributed by atoms with Crippen LogP contribution in [-0.4, -0.2) is 30.0 Å². The molecule has 1 heterocycles. The summed E-state index contributed by atoms with van der Waals surface area (Å²) in [6, 6.07) is 12.0. The van der Waals surface area contributed by atoms with E-state index in [2.05, 4.69) is 31.2 Å². The van der Waals surface area contributed by atoms with Gasteiger partial charge < -0.3 is 5.32 Å². The van der Waals surface area contributed by atoms with E-state index in [1.54, 1.807) is 54.9 Å². The largest absolute Gasteiger partial charge is 0.325 e. The van der Waals surface area contributed by atoms with E-state index >= 15 is 0 Å². The van der Waals surface area contributed by atoms with E-state index in [0.29, 0.717) is 22.3 Å². The van der Waals surface area contributed by atoms with Gasteiger partial charge in [-0.05, 0) is 35.9 Å². The van der Waals surface area contributed by atoms with Crippen molar-refractivity contribution < 1.29 is 13.2 Å². The van der Waals surface area contributed by atoms with Gasteiger partial charge in [0.1, 0.15) is 5.75 Å². The standard InChI is InChI=1S/C17H14BrN3O3S/c18-13-3-1-12(2-4-13)10-25(23,24)11-17(22)21-14-5-6-15-16(9-14)20-8-7-19-15/h1-9H,10-11H2,(H,21,22). The fraction of sp³-hybridized carbons (Fsp3) is 0.118. The second-order valence-corrected chi connectivity index (χ2v) is 8.45. The van der Waals surface area contributed by atoms with Crippen molar-refractivity contribution >= 4 is 48.4 Å². The van der Waals surface area contributed by atoms with Crippen LogP contribution in [0.15, 0.2) is 59.3 Å². The highest BCUT2D eigenvalue weighted by molar-refractivity contribution is 9.10. The maximum atomic E-state index is 12.2. The minimum absolute atomic E-state index is 0.184. The number of hydrogen-bond acceptors (Lipinski definition) is 5. The van der Waals surface area contributed by atoms with Crippen molar-refractivity contribution in [2.75, 3.05) is 11.1 Å². The van der Waals surface area contributed by atoms with Crippen LogP contribution in [-0.2, 0) is 20.4 Å². The van der Waals surface area contributed by atoms with Crippen molar-refractivity contribution in [3.8, 4) is 0 Å². The second-order valence-electron chi connectivity index (χ2n) is 5.47. The van der Waals surface area contributed by atoms with Crippen molar-refractivity contribution in [1.82, 2.24) is 9.97 Å². The molecule has 25 heavy (non-hydrogen) atoms. The SMILES string of the molecule is O=C(CS(=O)(=O)Cc1ccc(Br)cc1)Nc1ccc2nccnc2c1. The van der Waals surface area contributed by atoms with Gasteiger partial charge in [-0.1, -0.05) is 28.1 Å². The number of anilines is 1. The minimum Gasteiger partial charge on any atom is -0.325 e. The lowest BCUT2D eigenvalue weighted by molar-refractivity contribution is -0.113. The minimum atomic E-state index is -3.56. The van der Waals surface area contributed by atoms with Crippen LogP contribution in [0.5, 0.6) is 0 Å². The zero-order valence-electron chi connectivity index (χ0n) is 13.0. The molecule has 8 heteroatoms. The monoisotopic (exact) mass is 419 g/mol. The fourth-order valence-electron chi connectivity index (χ4n) is 2.32. The van der Waals surface area contributed by atoms with Gasteiger partial charge in [0.25, 0.3) is 0 Å². The summed E-state index contributed by atoms with van der Waals surface area (Å²) in [5, 5.41) is 2.59.